The Morgan fingerprint density at radius 2 is 1.67 bits per heavy atom. The molecule has 134 valence electrons. The van der Waals surface area contributed by atoms with Crippen molar-refractivity contribution in [2.24, 2.45) is 11.8 Å². The average Bonchev–Trinajstić information content (AvgIpc) is 2.52. The molecule has 6 heteroatoms. The molecule has 0 aromatic heterocycles. The standard InChI is InChI=1S/C18H21F5O/c1-2-3-12-4-6-13(7-5-12)10-18(22,23)24-11-14-8-15(19)17(21)16(20)9-14/h2-3,8-9,12-13H,4-7,10-11H2,1H3/b3-2+/t12-,13-. The quantitative estimate of drug-likeness (QED) is 0.349. The van der Waals surface area contributed by atoms with Crippen molar-refractivity contribution in [1.29, 1.82) is 0 Å². The van der Waals surface area contributed by atoms with Crippen LogP contribution < -0.4 is 0 Å². The number of allylic oxidation sites excluding steroid dienone is 2. The number of ether oxygens (including phenoxy) is 1. The maximum Gasteiger partial charge on any atom is 0.356 e. The fraction of sp³-hybridized carbons (Fsp3) is 0.556. The van der Waals surface area contributed by atoms with Gasteiger partial charge in [0, 0.05) is 6.42 Å². The second-order valence-electron chi connectivity index (χ2n) is 6.31. The Morgan fingerprint density at radius 3 is 2.21 bits per heavy atom. The highest BCUT2D eigenvalue weighted by atomic mass is 19.3. The van der Waals surface area contributed by atoms with Crippen molar-refractivity contribution >= 4 is 0 Å². The molecule has 0 amide bonds. The highest BCUT2D eigenvalue weighted by Gasteiger charge is 2.35. The summed E-state index contributed by atoms with van der Waals surface area (Å²) in [6.45, 7) is 1.27. The van der Waals surface area contributed by atoms with Crippen LogP contribution in [0.5, 0.6) is 0 Å². The molecule has 0 unspecified atom stereocenters. The molecule has 1 fully saturated rings. The highest BCUT2D eigenvalue weighted by Crippen LogP contribution is 2.37. The van der Waals surface area contributed by atoms with Crippen molar-refractivity contribution in [3.63, 3.8) is 0 Å². The van der Waals surface area contributed by atoms with Crippen LogP contribution in [0.2, 0.25) is 0 Å². The smallest absolute Gasteiger partial charge is 0.316 e. The van der Waals surface area contributed by atoms with E-state index in [0.29, 0.717) is 30.9 Å². The number of hydrogen-bond acceptors (Lipinski definition) is 1. The fourth-order valence-electron chi connectivity index (χ4n) is 3.13. The third-order valence-corrected chi connectivity index (χ3v) is 4.38. The van der Waals surface area contributed by atoms with E-state index in [1.165, 1.54) is 0 Å². The molecular weight excluding hydrogens is 327 g/mol. The van der Waals surface area contributed by atoms with E-state index in [2.05, 4.69) is 10.8 Å². The van der Waals surface area contributed by atoms with Gasteiger partial charge >= 0.3 is 6.11 Å². The molecule has 0 aliphatic heterocycles. The van der Waals surface area contributed by atoms with E-state index in [1.54, 1.807) is 0 Å². The van der Waals surface area contributed by atoms with Crippen LogP contribution in [-0.2, 0) is 11.3 Å². The molecule has 0 N–H and O–H groups in total. The molecule has 0 atom stereocenters. The molecule has 1 aromatic rings. The number of alkyl halides is 2. The maximum absolute atomic E-state index is 13.9. The zero-order valence-corrected chi connectivity index (χ0v) is 13.5. The monoisotopic (exact) mass is 348 g/mol. The zero-order chi connectivity index (χ0) is 17.7. The van der Waals surface area contributed by atoms with E-state index in [-0.39, 0.29) is 11.5 Å². The third-order valence-electron chi connectivity index (χ3n) is 4.38. The van der Waals surface area contributed by atoms with Crippen molar-refractivity contribution in [3.8, 4) is 0 Å². The van der Waals surface area contributed by atoms with E-state index in [4.69, 9.17) is 0 Å². The largest absolute Gasteiger partial charge is 0.356 e. The molecule has 1 saturated carbocycles. The molecule has 0 heterocycles. The Labute approximate surface area is 138 Å². The number of benzene rings is 1. The lowest BCUT2D eigenvalue weighted by molar-refractivity contribution is -0.256. The first-order valence-corrected chi connectivity index (χ1v) is 8.08. The molecule has 0 radical (unpaired) electrons. The summed E-state index contributed by atoms with van der Waals surface area (Å²) in [5.41, 5.74) is -0.164. The van der Waals surface area contributed by atoms with Crippen LogP contribution in [0.1, 0.15) is 44.6 Å². The van der Waals surface area contributed by atoms with Gasteiger partial charge in [0.25, 0.3) is 0 Å². The summed E-state index contributed by atoms with van der Waals surface area (Å²) in [5, 5.41) is 0. The zero-order valence-electron chi connectivity index (χ0n) is 13.5. The summed E-state index contributed by atoms with van der Waals surface area (Å²) in [4.78, 5) is 0. The molecule has 0 spiro atoms. The molecule has 0 saturated heterocycles. The normalized spacial score (nSPS) is 22.2. The minimum Gasteiger partial charge on any atom is -0.316 e. The van der Waals surface area contributed by atoms with Crippen molar-refractivity contribution in [2.45, 2.75) is 51.7 Å². The van der Waals surface area contributed by atoms with Crippen LogP contribution in [0.4, 0.5) is 22.0 Å². The minimum atomic E-state index is -3.38. The summed E-state index contributed by atoms with van der Waals surface area (Å²) in [6, 6.07) is 1.33. The molecule has 1 aliphatic rings. The van der Waals surface area contributed by atoms with Gasteiger partial charge in [-0.3, -0.25) is 0 Å². The van der Waals surface area contributed by atoms with E-state index in [1.807, 2.05) is 13.0 Å². The van der Waals surface area contributed by atoms with Crippen LogP contribution in [0.15, 0.2) is 24.3 Å². The lowest BCUT2D eigenvalue weighted by Gasteiger charge is -2.29. The Hall–Kier alpha value is -1.43. The second kappa shape index (κ2) is 8.10. The second-order valence-corrected chi connectivity index (χ2v) is 6.31. The molecule has 24 heavy (non-hydrogen) atoms. The van der Waals surface area contributed by atoms with Crippen molar-refractivity contribution in [2.75, 3.05) is 0 Å². The van der Waals surface area contributed by atoms with Gasteiger partial charge in [0.2, 0.25) is 0 Å². The molecule has 2 rings (SSSR count). The first kappa shape index (κ1) is 18.9. The highest BCUT2D eigenvalue weighted by molar-refractivity contribution is 5.18. The van der Waals surface area contributed by atoms with E-state index < -0.39 is 36.6 Å². The summed E-state index contributed by atoms with van der Waals surface area (Å²) >= 11 is 0. The van der Waals surface area contributed by atoms with Gasteiger partial charge in [-0.05, 0) is 62.1 Å². The maximum atomic E-state index is 13.9. The molecule has 1 nitrogen and oxygen atoms in total. The van der Waals surface area contributed by atoms with Gasteiger partial charge in [-0.2, -0.15) is 8.78 Å². The van der Waals surface area contributed by atoms with E-state index in [0.717, 1.165) is 12.8 Å². The van der Waals surface area contributed by atoms with Crippen LogP contribution >= 0.6 is 0 Å². The molecular formula is C18H21F5O. The Bertz CT molecular complexity index is 554. The average molecular weight is 348 g/mol. The number of hydrogen-bond donors (Lipinski definition) is 0. The van der Waals surface area contributed by atoms with E-state index in [9.17, 15) is 22.0 Å². The summed E-state index contributed by atoms with van der Waals surface area (Å²) < 4.78 is 71.4. The van der Waals surface area contributed by atoms with Crippen LogP contribution in [0.3, 0.4) is 0 Å². The third kappa shape index (κ3) is 5.30. The first-order chi connectivity index (χ1) is 11.3. The van der Waals surface area contributed by atoms with Crippen LogP contribution in [-0.4, -0.2) is 6.11 Å². The summed E-state index contributed by atoms with van der Waals surface area (Å²) in [5.74, 6) is -4.14. The Kier molecular flexibility index (Phi) is 6.38. The lowest BCUT2D eigenvalue weighted by atomic mass is 9.80. The van der Waals surface area contributed by atoms with E-state index >= 15 is 0 Å². The summed E-state index contributed by atoms with van der Waals surface area (Å²) in [7, 11) is 0. The van der Waals surface area contributed by atoms with Crippen molar-refractivity contribution < 1.29 is 26.7 Å². The first-order valence-electron chi connectivity index (χ1n) is 8.08. The Balaban J connectivity index is 1.85. The van der Waals surface area contributed by atoms with Gasteiger partial charge in [-0.25, -0.2) is 13.2 Å². The molecule has 1 aliphatic carbocycles. The van der Waals surface area contributed by atoms with Crippen molar-refractivity contribution in [3.05, 3.63) is 47.3 Å². The van der Waals surface area contributed by atoms with Gasteiger partial charge < -0.3 is 4.74 Å². The SMILES string of the molecule is C/C=C/[C@H]1CC[C@H](CC(F)(F)OCc2cc(F)c(F)c(F)c2)CC1. The topological polar surface area (TPSA) is 9.23 Å². The van der Waals surface area contributed by atoms with Gasteiger partial charge in [0.05, 0.1) is 6.61 Å². The van der Waals surface area contributed by atoms with Crippen molar-refractivity contribution in [1.82, 2.24) is 0 Å². The van der Waals surface area contributed by atoms with Gasteiger partial charge in [0.1, 0.15) is 0 Å². The predicted octanol–water partition coefficient (Wildman–Crippen LogP) is 5.99. The predicted molar refractivity (Wildman–Crippen MR) is 80.9 cm³/mol. The number of halogens is 5. The molecule has 1 aromatic carbocycles. The van der Waals surface area contributed by atoms with Crippen LogP contribution in [0.25, 0.3) is 0 Å². The number of rotatable bonds is 6. The van der Waals surface area contributed by atoms with Crippen LogP contribution in [0, 0.1) is 29.3 Å². The van der Waals surface area contributed by atoms with Gasteiger partial charge in [0.15, 0.2) is 17.5 Å². The molecule has 0 bridgehead atoms. The minimum absolute atomic E-state index is 0.136. The Morgan fingerprint density at radius 1 is 1.08 bits per heavy atom. The van der Waals surface area contributed by atoms with Gasteiger partial charge in [-0.1, -0.05) is 12.2 Å². The fourth-order valence-corrected chi connectivity index (χ4v) is 3.13. The van der Waals surface area contributed by atoms with Gasteiger partial charge in [-0.15, -0.1) is 0 Å². The summed E-state index contributed by atoms with van der Waals surface area (Å²) in [6.07, 6.45) is 3.44. The lowest BCUT2D eigenvalue weighted by Crippen LogP contribution is -2.27.